The monoisotopic (exact) mass is 448 g/mol. The van der Waals surface area contributed by atoms with Crippen LogP contribution in [0, 0.1) is 0 Å². The van der Waals surface area contributed by atoms with E-state index < -0.39 is 0 Å². The average molecular weight is 448 g/mol. The Hall–Kier alpha value is -4.59. The predicted octanol–water partition coefficient (Wildman–Crippen LogP) is 4.16. The van der Waals surface area contributed by atoms with Crippen molar-refractivity contribution in [1.29, 1.82) is 0 Å². The average Bonchev–Trinajstić information content (AvgIpc) is 3.51. The third-order valence-electron chi connectivity index (χ3n) is 5.77. The summed E-state index contributed by atoms with van der Waals surface area (Å²) in [7, 11) is 0. The highest BCUT2D eigenvalue weighted by Gasteiger charge is 2.11. The number of H-pyrrole nitrogens is 1. The first-order valence-corrected chi connectivity index (χ1v) is 11.0. The molecule has 0 radical (unpaired) electrons. The van der Waals surface area contributed by atoms with Gasteiger partial charge in [0.05, 0.1) is 28.3 Å². The standard InChI is InChI=1S/C26H20N6O2/c33-26-19-8-1-2-9-20(19)28-23(29-26)12-13-24-30-25(31-34-24)18-7-5-6-17(14-18)15-32-16-27-21-10-3-4-11-22(21)32/h1-11,14,16H,12-13,15H2,(H,28,29,33). The minimum atomic E-state index is -0.144. The van der Waals surface area contributed by atoms with Crippen LogP contribution in [0.2, 0.25) is 0 Å². The van der Waals surface area contributed by atoms with E-state index in [0.717, 1.165) is 22.2 Å². The largest absolute Gasteiger partial charge is 0.339 e. The van der Waals surface area contributed by atoms with Crippen molar-refractivity contribution in [3.05, 3.63) is 107 Å². The molecule has 0 spiro atoms. The van der Waals surface area contributed by atoms with Crippen LogP contribution in [0.25, 0.3) is 33.3 Å². The molecule has 3 aromatic carbocycles. The third-order valence-corrected chi connectivity index (χ3v) is 5.77. The summed E-state index contributed by atoms with van der Waals surface area (Å²) < 4.78 is 7.58. The number of nitrogens with zero attached hydrogens (tertiary/aromatic N) is 5. The Bertz CT molecular complexity index is 1680. The van der Waals surface area contributed by atoms with Gasteiger partial charge in [0.2, 0.25) is 11.7 Å². The van der Waals surface area contributed by atoms with Gasteiger partial charge in [-0.3, -0.25) is 4.79 Å². The van der Waals surface area contributed by atoms with E-state index in [2.05, 4.69) is 47.9 Å². The molecule has 3 aromatic heterocycles. The molecule has 166 valence electrons. The van der Waals surface area contributed by atoms with Gasteiger partial charge >= 0.3 is 0 Å². The van der Waals surface area contributed by atoms with Crippen LogP contribution in [0.3, 0.4) is 0 Å². The van der Waals surface area contributed by atoms with Crippen molar-refractivity contribution in [1.82, 2.24) is 29.7 Å². The lowest BCUT2D eigenvalue weighted by molar-refractivity contribution is 0.378. The van der Waals surface area contributed by atoms with Crippen molar-refractivity contribution in [2.75, 3.05) is 0 Å². The van der Waals surface area contributed by atoms with Gasteiger partial charge in [-0.1, -0.05) is 47.6 Å². The summed E-state index contributed by atoms with van der Waals surface area (Å²) >= 11 is 0. The number of imidazole rings is 1. The molecule has 0 saturated carbocycles. The first-order chi connectivity index (χ1) is 16.7. The van der Waals surface area contributed by atoms with Crippen LogP contribution in [0.5, 0.6) is 0 Å². The first kappa shape index (κ1) is 20.0. The second-order valence-corrected chi connectivity index (χ2v) is 8.10. The molecule has 8 heteroatoms. The normalized spacial score (nSPS) is 11.4. The Balaban J connectivity index is 1.19. The second kappa shape index (κ2) is 8.40. The highest BCUT2D eigenvalue weighted by atomic mass is 16.5. The van der Waals surface area contributed by atoms with Crippen LogP contribution >= 0.6 is 0 Å². The van der Waals surface area contributed by atoms with E-state index in [-0.39, 0.29) is 5.56 Å². The number of aromatic amines is 1. The van der Waals surface area contributed by atoms with Gasteiger partial charge in [-0.05, 0) is 35.9 Å². The van der Waals surface area contributed by atoms with Gasteiger partial charge in [-0.25, -0.2) is 9.97 Å². The van der Waals surface area contributed by atoms with Gasteiger partial charge in [0, 0.05) is 24.9 Å². The fourth-order valence-electron chi connectivity index (χ4n) is 4.09. The lowest BCUT2D eigenvalue weighted by Gasteiger charge is -2.05. The van der Waals surface area contributed by atoms with Crippen molar-refractivity contribution in [2.45, 2.75) is 19.4 Å². The van der Waals surface area contributed by atoms with Gasteiger partial charge in [0.1, 0.15) is 5.82 Å². The van der Waals surface area contributed by atoms with E-state index in [1.165, 1.54) is 0 Å². The molecule has 34 heavy (non-hydrogen) atoms. The van der Waals surface area contributed by atoms with Crippen LogP contribution in [0.15, 0.2) is 88.4 Å². The fourth-order valence-corrected chi connectivity index (χ4v) is 4.09. The number of fused-ring (bicyclic) bond motifs is 2. The summed E-state index contributed by atoms with van der Waals surface area (Å²) in [5.41, 5.74) is 4.60. The molecule has 0 unspecified atom stereocenters. The molecule has 0 aliphatic heterocycles. The zero-order chi connectivity index (χ0) is 22.9. The molecule has 0 bridgehead atoms. The highest BCUT2D eigenvalue weighted by Crippen LogP contribution is 2.20. The molecule has 3 heterocycles. The van der Waals surface area contributed by atoms with E-state index in [4.69, 9.17) is 4.52 Å². The Kier molecular flexibility index (Phi) is 4.95. The summed E-state index contributed by atoms with van der Waals surface area (Å²) in [6.45, 7) is 0.695. The molecular formula is C26H20N6O2. The van der Waals surface area contributed by atoms with E-state index in [1.807, 2.05) is 54.9 Å². The molecule has 0 aliphatic rings. The molecule has 0 atom stereocenters. The number of aryl methyl sites for hydroxylation is 2. The summed E-state index contributed by atoms with van der Waals surface area (Å²) in [5, 5.41) is 4.74. The molecule has 6 rings (SSSR count). The fraction of sp³-hybridized carbons (Fsp3) is 0.115. The zero-order valence-electron chi connectivity index (χ0n) is 18.2. The minimum Gasteiger partial charge on any atom is -0.339 e. The second-order valence-electron chi connectivity index (χ2n) is 8.10. The number of nitrogens with one attached hydrogen (secondary N) is 1. The number of rotatable bonds is 6. The molecule has 0 fully saturated rings. The SMILES string of the molecule is O=c1[nH]c(CCc2nc(-c3cccc(Cn4cnc5ccccc54)c3)no2)nc2ccccc12. The molecule has 0 aliphatic carbocycles. The molecule has 0 amide bonds. The lowest BCUT2D eigenvalue weighted by Crippen LogP contribution is -2.12. The van der Waals surface area contributed by atoms with E-state index in [9.17, 15) is 4.79 Å². The van der Waals surface area contributed by atoms with Crippen molar-refractivity contribution in [3.8, 4) is 11.4 Å². The van der Waals surface area contributed by atoms with Crippen molar-refractivity contribution in [2.24, 2.45) is 0 Å². The predicted molar refractivity (Wildman–Crippen MR) is 128 cm³/mol. The topological polar surface area (TPSA) is 102 Å². The van der Waals surface area contributed by atoms with Gasteiger partial charge in [0.25, 0.3) is 5.56 Å². The lowest BCUT2D eigenvalue weighted by atomic mass is 10.1. The first-order valence-electron chi connectivity index (χ1n) is 11.0. The number of hydrogen-bond acceptors (Lipinski definition) is 6. The maximum absolute atomic E-state index is 12.3. The van der Waals surface area contributed by atoms with Gasteiger partial charge in [0.15, 0.2) is 0 Å². The maximum atomic E-state index is 12.3. The summed E-state index contributed by atoms with van der Waals surface area (Å²) in [5.74, 6) is 1.63. The molecule has 8 nitrogen and oxygen atoms in total. The van der Waals surface area contributed by atoms with Gasteiger partial charge < -0.3 is 14.1 Å². The Morgan fingerprint density at radius 3 is 2.68 bits per heavy atom. The van der Waals surface area contributed by atoms with E-state index >= 15 is 0 Å². The van der Waals surface area contributed by atoms with Crippen LogP contribution in [-0.4, -0.2) is 29.7 Å². The maximum Gasteiger partial charge on any atom is 0.258 e. The molecule has 0 saturated heterocycles. The molecule has 6 aromatic rings. The van der Waals surface area contributed by atoms with Crippen molar-refractivity contribution in [3.63, 3.8) is 0 Å². The van der Waals surface area contributed by atoms with Gasteiger partial charge in [-0.15, -0.1) is 0 Å². The van der Waals surface area contributed by atoms with Gasteiger partial charge in [-0.2, -0.15) is 4.98 Å². The Morgan fingerprint density at radius 1 is 0.882 bits per heavy atom. The minimum absolute atomic E-state index is 0.144. The number of aromatic nitrogens is 6. The summed E-state index contributed by atoms with van der Waals surface area (Å²) in [4.78, 5) is 28.6. The summed E-state index contributed by atoms with van der Waals surface area (Å²) in [6.07, 6.45) is 2.83. The van der Waals surface area contributed by atoms with Crippen LogP contribution in [0.1, 0.15) is 17.3 Å². The van der Waals surface area contributed by atoms with E-state index in [0.29, 0.717) is 47.8 Å². The number of benzene rings is 3. The van der Waals surface area contributed by atoms with Crippen molar-refractivity contribution >= 4 is 21.9 Å². The molecular weight excluding hydrogens is 428 g/mol. The van der Waals surface area contributed by atoms with Crippen LogP contribution < -0.4 is 5.56 Å². The quantitative estimate of drug-likeness (QED) is 0.411. The third kappa shape index (κ3) is 3.86. The number of para-hydroxylation sites is 3. The van der Waals surface area contributed by atoms with Crippen LogP contribution in [0.4, 0.5) is 0 Å². The highest BCUT2D eigenvalue weighted by molar-refractivity contribution is 5.77. The zero-order valence-corrected chi connectivity index (χ0v) is 18.2. The smallest absolute Gasteiger partial charge is 0.258 e. The Morgan fingerprint density at radius 2 is 1.74 bits per heavy atom. The number of hydrogen-bond donors (Lipinski definition) is 1. The van der Waals surface area contributed by atoms with Crippen LogP contribution in [-0.2, 0) is 19.4 Å². The van der Waals surface area contributed by atoms with Crippen molar-refractivity contribution < 1.29 is 4.52 Å². The molecule has 1 N–H and O–H groups in total. The Labute approximate surface area is 193 Å². The summed E-state index contributed by atoms with van der Waals surface area (Å²) in [6, 6.07) is 23.4. The van der Waals surface area contributed by atoms with E-state index in [1.54, 1.807) is 6.07 Å².